The van der Waals surface area contributed by atoms with Gasteiger partial charge in [0.2, 0.25) is 0 Å². The summed E-state index contributed by atoms with van der Waals surface area (Å²) in [5, 5.41) is 12.4. The summed E-state index contributed by atoms with van der Waals surface area (Å²) in [4.78, 5) is 4.49. The van der Waals surface area contributed by atoms with Crippen molar-refractivity contribution in [1.29, 1.82) is 0 Å². The lowest BCUT2D eigenvalue weighted by molar-refractivity contribution is 0.183. The molecule has 0 saturated carbocycles. The lowest BCUT2D eigenvalue weighted by Gasteiger charge is -2.03. The number of benzene rings is 1. The Morgan fingerprint density at radius 1 is 1.39 bits per heavy atom. The normalized spacial score (nSPS) is 12.4. The third-order valence-electron chi connectivity index (χ3n) is 2.62. The van der Waals surface area contributed by atoms with Gasteiger partial charge in [0.1, 0.15) is 5.75 Å². The first-order valence-corrected chi connectivity index (χ1v) is 6.58. The zero-order chi connectivity index (χ0) is 13.0. The van der Waals surface area contributed by atoms with Crippen molar-refractivity contribution in [3.05, 3.63) is 34.7 Å². The van der Waals surface area contributed by atoms with Gasteiger partial charge in [0.05, 0.1) is 23.9 Å². The first-order valence-electron chi connectivity index (χ1n) is 5.70. The van der Waals surface area contributed by atoms with E-state index >= 15 is 0 Å². The first-order chi connectivity index (χ1) is 8.72. The maximum Gasteiger partial charge on any atom is 0.118 e. The molecule has 1 atom stereocenters. The molecule has 5 heteroatoms. The molecule has 0 saturated heterocycles. The minimum absolute atomic E-state index is 0.261. The van der Waals surface area contributed by atoms with Crippen molar-refractivity contribution < 1.29 is 9.84 Å². The van der Waals surface area contributed by atoms with E-state index in [2.05, 4.69) is 4.98 Å². The molecule has 2 rings (SSSR count). The van der Waals surface area contributed by atoms with Gasteiger partial charge in [-0.2, -0.15) is 0 Å². The van der Waals surface area contributed by atoms with Crippen LogP contribution in [0.15, 0.2) is 29.6 Å². The summed E-state index contributed by atoms with van der Waals surface area (Å²) in [6.45, 7) is 0.261. The molecule has 0 bridgehead atoms. The summed E-state index contributed by atoms with van der Waals surface area (Å²) in [6, 6.07) is 7.75. The minimum Gasteiger partial charge on any atom is -0.497 e. The minimum atomic E-state index is -0.514. The van der Waals surface area contributed by atoms with Crippen molar-refractivity contribution in [2.75, 3.05) is 13.7 Å². The van der Waals surface area contributed by atoms with E-state index in [9.17, 15) is 5.11 Å². The van der Waals surface area contributed by atoms with Gasteiger partial charge in [0.15, 0.2) is 0 Å². The highest BCUT2D eigenvalue weighted by Crippen LogP contribution is 2.24. The Hall–Kier alpha value is -1.43. The number of hydrogen-bond acceptors (Lipinski definition) is 5. The van der Waals surface area contributed by atoms with Crippen molar-refractivity contribution in [3.63, 3.8) is 0 Å². The van der Waals surface area contributed by atoms with Crippen molar-refractivity contribution >= 4 is 11.3 Å². The summed E-state index contributed by atoms with van der Waals surface area (Å²) < 4.78 is 5.11. The van der Waals surface area contributed by atoms with Gasteiger partial charge in [0, 0.05) is 23.9 Å². The average Bonchev–Trinajstić information content (AvgIpc) is 2.87. The molecule has 96 valence electrons. The van der Waals surface area contributed by atoms with Crippen LogP contribution in [0.5, 0.6) is 5.75 Å². The maximum atomic E-state index is 9.48. The smallest absolute Gasteiger partial charge is 0.118 e. The third kappa shape index (κ3) is 3.07. The van der Waals surface area contributed by atoms with Gasteiger partial charge in [-0.05, 0) is 24.3 Å². The monoisotopic (exact) mass is 264 g/mol. The van der Waals surface area contributed by atoms with Crippen LogP contribution in [0, 0.1) is 0 Å². The second-order valence-corrected chi connectivity index (χ2v) is 4.89. The number of aliphatic hydroxyl groups is 1. The molecule has 0 radical (unpaired) electrons. The van der Waals surface area contributed by atoms with Crippen molar-refractivity contribution in [3.8, 4) is 17.0 Å². The van der Waals surface area contributed by atoms with E-state index in [1.54, 1.807) is 18.4 Å². The van der Waals surface area contributed by atoms with E-state index in [-0.39, 0.29) is 6.54 Å². The molecule has 0 amide bonds. The summed E-state index contributed by atoms with van der Waals surface area (Å²) in [5.41, 5.74) is 7.34. The average molecular weight is 264 g/mol. The number of thiazole rings is 1. The second kappa shape index (κ2) is 5.95. The maximum absolute atomic E-state index is 9.48. The van der Waals surface area contributed by atoms with Crippen molar-refractivity contribution in [1.82, 2.24) is 4.98 Å². The number of hydrogen-bond donors (Lipinski definition) is 2. The highest BCUT2D eigenvalue weighted by atomic mass is 32.1. The van der Waals surface area contributed by atoms with Gasteiger partial charge in [-0.3, -0.25) is 0 Å². The molecule has 2 aromatic rings. The molecule has 0 aliphatic heterocycles. The van der Waals surface area contributed by atoms with Crippen molar-refractivity contribution in [2.45, 2.75) is 12.5 Å². The first kappa shape index (κ1) is 13.0. The molecule has 4 nitrogen and oxygen atoms in total. The van der Waals surface area contributed by atoms with E-state index in [1.165, 1.54) is 0 Å². The molecule has 1 aromatic heterocycles. The molecule has 3 N–H and O–H groups in total. The molecule has 0 fully saturated rings. The van der Waals surface area contributed by atoms with Gasteiger partial charge in [-0.25, -0.2) is 4.98 Å². The Morgan fingerprint density at radius 3 is 2.72 bits per heavy atom. The van der Waals surface area contributed by atoms with Crippen LogP contribution in [0.4, 0.5) is 0 Å². The van der Waals surface area contributed by atoms with E-state index < -0.39 is 6.10 Å². The van der Waals surface area contributed by atoms with Crippen LogP contribution in [0.25, 0.3) is 11.3 Å². The number of ether oxygens (including phenoxy) is 1. The molecule has 1 heterocycles. The van der Waals surface area contributed by atoms with Crippen LogP contribution < -0.4 is 10.5 Å². The highest BCUT2D eigenvalue weighted by molar-refractivity contribution is 7.09. The number of nitrogens with two attached hydrogens (primary N) is 1. The Morgan fingerprint density at radius 2 is 2.11 bits per heavy atom. The van der Waals surface area contributed by atoms with Crippen LogP contribution >= 0.6 is 11.3 Å². The quantitative estimate of drug-likeness (QED) is 0.862. The van der Waals surface area contributed by atoms with E-state index in [0.29, 0.717) is 6.42 Å². The van der Waals surface area contributed by atoms with E-state index in [4.69, 9.17) is 10.5 Å². The number of methoxy groups -OCH3 is 1. The molecular weight excluding hydrogens is 248 g/mol. The number of aliphatic hydroxyl groups excluding tert-OH is 1. The van der Waals surface area contributed by atoms with Crippen LogP contribution in [0.3, 0.4) is 0 Å². The fraction of sp³-hybridized carbons (Fsp3) is 0.308. The molecular formula is C13H16N2O2S. The second-order valence-electron chi connectivity index (χ2n) is 3.95. The van der Waals surface area contributed by atoms with Crippen LogP contribution in [-0.4, -0.2) is 29.8 Å². The Bertz CT molecular complexity index is 496. The lowest BCUT2D eigenvalue weighted by Crippen LogP contribution is -2.21. The fourth-order valence-electron chi connectivity index (χ4n) is 1.58. The summed E-state index contributed by atoms with van der Waals surface area (Å²) in [6.07, 6.45) is -0.00278. The van der Waals surface area contributed by atoms with Crippen LogP contribution in [0.2, 0.25) is 0 Å². The fourth-order valence-corrected chi connectivity index (χ4v) is 2.46. The predicted molar refractivity (Wildman–Crippen MR) is 72.9 cm³/mol. The predicted octanol–water partition coefficient (Wildman–Crippen LogP) is 1.68. The summed E-state index contributed by atoms with van der Waals surface area (Å²) >= 11 is 1.54. The van der Waals surface area contributed by atoms with Crippen LogP contribution in [0.1, 0.15) is 5.01 Å². The summed E-state index contributed by atoms with van der Waals surface area (Å²) in [5.74, 6) is 0.827. The number of nitrogens with zero attached hydrogens (tertiary/aromatic N) is 1. The number of rotatable bonds is 5. The van der Waals surface area contributed by atoms with Gasteiger partial charge < -0.3 is 15.6 Å². The Kier molecular flexibility index (Phi) is 4.30. The zero-order valence-electron chi connectivity index (χ0n) is 10.2. The molecule has 0 aliphatic rings. The summed E-state index contributed by atoms with van der Waals surface area (Å²) in [7, 11) is 1.64. The van der Waals surface area contributed by atoms with Crippen LogP contribution in [-0.2, 0) is 6.42 Å². The molecule has 0 aliphatic carbocycles. The third-order valence-corrected chi connectivity index (χ3v) is 3.49. The zero-order valence-corrected chi connectivity index (χ0v) is 11.0. The van der Waals surface area contributed by atoms with Gasteiger partial charge in [-0.15, -0.1) is 11.3 Å². The largest absolute Gasteiger partial charge is 0.497 e. The number of aromatic nitrogens is 1. The van der Waals surface area contributed by atoms with E-state index in [1.807, 2.05) is 29.6 Å². The molecule has 18 heavy (non-hydrogen) atoms. The SMILES string of the molecule is COc1ccc(-c2csc(CC(O)CN)n2)cc1. The molecule has 1 unspecified atom stereocenters. The Balaban J connectivity index is 2.13. The Labute approximate surface area is 110 Å². The molecule has 1 aromatic carbocycles. The topological polar surface area (TPSA) is 68.4 Å². The molecule has 0 spiro atoms. The lowest BCUT2D eigenvalue weighted by atomic mass is 10.2. The van der Waals surface area contributed by atoms with Gasteiger partial charge >= 0.3 is 0 Å². The van der Waals surface area contributed by atoms with Gasteiger partial charge in [0.25, 0.3) is 0 Å². The van der Waals surface area contributed by atoms with Crippen molar-refractivity contribution in [2.24, 2.45) is 5.73 Å². The van der Waals surface area contributed by atoms with E-state index in [0.717, 1.165) is 22.0 Å². The van der Waals surface area contributed by atoms with Gasteiger partial charge in [-0.1, -0.05) is 0 Å². The standard InChI is InChI=1S/C13H16N2O2S/c1-17-11-4-2-9(3-5-11)12-8-18-13(15-12)6-10(16)7-14/h2-5,8,10,16H,6-7,14H2,1H3. The highest BCUT2D eigenvalue weighted by Gasteiger charge is 2.08.